The molecule has 37 heavy (non-hydrogen) atoms. The first kappa shape index (κ1) is 25.5. The zero-order valence-corrected chi connectivity index (χ0v) is 20.9. The number of anilines is 1. The summed E-state index contributed by atoms with van der Waals surface area (Å²) in [4.78, 5) is 12.4. The van der Waals surface area contributed by atoms with Crippen LogP contribution in [-0.2, 0) is 10.0 Å². The van der Waals surface area contributed by atoms with Gasteiger partial charge >= 0.3 is 0 Å². The van der Waals surface area contributed by atoms with Crippen molar-refractivity contribution in [1.29, 1.82) is 5.26 Å². The van der Waals surface area contributed by atoms with Crippen LogP contribution in [0, 0.1) is 17.1 Å². The van der Waals surface area contributed by atoms with Crippen LogP contribution in [0.1, 0.15) is 11.1 Å². The van der Waals surface area contributed by atoms with Crippen LogP contribution in [0.4, 0.5) is 9.52 Å². The van der Waals surface area contributed by atoms with Crippen LogP contribution in [0.5, 0.6) is 11.5 Å². The number of hydrogen-bond acceptors (Lipinski definition) is 9. The van der Waals surface area contributed by atoms with Crippen LogP contribution in [0.15, 0.2) is 88.5 Å². The van der Waals surface area contributed by atoms with E-state index in [1.54, 1.807) is 36.7 Å². The lowest BCUT2D eigenvalue weighted by Gasteiger charge is -2.14. The predicted octanol–water partition coefficient (Wildman–Crippen LogP) is 4.70. The Bertz CT molecular complexity index is 1630. The summed E-state index contributed by atoms with van der Waals surface area (Å²) in [7, 11) is -2.39. The molecular weight excluding hydrogens is 515 g/mol. The van der Waals surface area contributed by atoms with Gasteiger partial charge < -0.3 is 10.5 Å². The Morgan fingerprint density at radius 3 is 2.62 bits per heavy atom. The van der Waals surface area contributed by atoms with Gasteiger partial charge in [-0.1, -0.05) is 0 Å². The molecule has 0 aliphatic heterocycles. The smallest absolute Gasteiger partial charge is 0.263 e. The molecule has 0 aliphatic rings. The van der Waals surface area contributed by atoms with Gasteiger partial charge in [0.25, 0.3) is 10.0 Å². The van der Waals surface area contributed by atoms with Crippen LogP contribution in [0.25, 0.3) is 11.3 Å². The maximum absolute atomic E-state index is 13.4. The highest BCUT2D eigenvalue weighted by molar-refractivity contribution is 7.93. The summed E-state index contributed by atoms with van der Waals surface area (Å²) in [6.45, 7) is 0. The van der Waals surface area contributed by atoms with Crippen molar-refractivity contribution in [3.05, 3.63) is 95.5 Å². The van der Waals surface area contributed by atoms with E-state index in [2.05, 4.69) is 19.7 Å². The Balaban J connectivity index is 1.73. The second-order valence-corrected chi connectivity index (χ2v) is 9.93. The molecule has 0 saturated heterocycles. The first-order valence-electron chi connectivity index (χ1n) is 10.6. The number of nitriles is 1. The van der Waals surface area contributed by atoms with E-state index in [1.807, 2.05) is 6.07 Å². The second kappa shape index (κ2) is 11.0. The van der Waals surface area contributed by atoms with Gasteiger partial charge in [-0.15, -0.1) is 11.3 Å². The number of allylic oxidation sites excluding steroid dienone is 1. The Hall–Kier alpha value is -4.60. The van der Waals surface area contributed by atoms with Crippen molar-refractivity contribution < 1.29 is 17.5 Å². The van der Waals surface area contributed by atoms with Gasteiger partial charge in [0, 0.05) is 29.8 Å². The quantitative estimate of drug-likeness (QED) is 0.312. The van der Waals surface area contributed by atoms with Gasteiger partial charge in [0.15, 0.2) is 10.9 Å². The number of pyridine rings is 1. The van der Waals surface area contributed by atoms with Crippen LogP contribution >= 0.6 is 11.3 Å². The maximum Gasteiger partial charge on any atom is 0.263 e. The van der Waals surface area contributed by atoms with E-state index < -0.39 is 10.0 Å². The molecule has 2 heterocycles. The van der Waals surface area contributed by atoms with Crippen molar-refractivity contribution >= 4 is 32.2 Å². The molecule has 2 aromatic heterocycles. The van der Waals surface area contributed by atoms with Crippen molar-refractivity contribution in [2.45, 2.75) is 4.90 Å². The van der Waals surface area contributed by atoms with E-state index in [9.17, 15) is 18.1 Å². The van der Waals surface area contributed by atoms with Gasteiger partial charge in [-0.2, -0.15) is 5.26 Å². The van der Waals surface area contributed by atoms with Gasteiger partial charge in [-0.3, -0.25) is 14.7 Å². The van der Waals surface area contributed by atoms with Gasteiger partial charge in [0.2, 0.25) is 0 Å². The molecule has 0 amide bonds. The van der Waals surface area contributed by atoms with Gasteiger partial charge in [0.1, 0.15) is 17.6 Å². The lowest BCUT2D eigenvalue weighted by molar-refractivity contribution is 0.477. The minimum atomic E-state index is -3.97. The highest BCUT2D eigenvalue weighted by atomic mass is 32.2. The standard InChI is InChI=1S/C25H19FN6O3S2/c1-29-21(8-9-27)20-13-22(16-2-4-18(26)5-3-16)31-15-24(20)35-23-7-6-19(12-17(23)14-28)37(33,34)32-25-30-10-11-36-25/h2-13,15H,27H2,1H3,(H,30,32). The van der Waals surface area contributed by atoms with E-state index >= 15 is 0 Å². The van der Waals surface area contributed by atoms with Crippen molar-refractivity contribution in [1.82, 2.24) is 9.97 Å². The molecule has 9 nitrogen and oxygen atoms in total. The second-order valence-electron chi connectivity index (χ2n) is 7.36. The number of rotatable bonds is 8. The molecule has 0 unspecified atom stereocenters. The maximum atomic E-state index is 13.4. The molecule has 0 aliphatic carbocycles. The monoisotopic (exact) mass is 534 g/mol. The van der Waals surface area contributed by atoms with Crippen LogP contribution in [0.2, 0.25) is 0 Å². The number of nitrogens with zero attached hydrogens (tertiary/aromatic N) is 4. The highest BCUT2D eigenvalue weighted by Crippen LogP contribution is 2.32. The topological polar surface area (TPSA) is 143 Å². The van der Waals surface area contributed by atoms with Crippen LogP contribution < -0.4 is 15.2 Å². The molecule has 4 rings (SSSR count). The van der Waals surface area contributed by atoms with E-state index in [0.717, 1.165) is 11.3 Å². The molecule has 0 bridgehead atoms. The van der Waals surface area contributed by atoms with E-state index in [-0.39, 0.29) is 32.9 Å². The third-order valence-electron chi connectivity index (χ3n) is 5.03. The molecule has 4 aromatic rings. The fraction of sp³-hybridized carbons (Fsp3) is 0.0400. The Labute approximate surface area is 216 Å². The number of nitrogens with one attached hydrogen (secondary N) is 1. The van der Waals surface area contributed by atoms with Gasteiger partial charge in [-0.05, 0) is 60.8 Å². The Morgan fingerprint density at radius 2 is 1.97 bits per heavy atom. The molecule has 0 radical (unpaired) electrons. The Kier molecular flexibility index (Phi) is 7.57. The highest BCUT2D eigenvalue weighted by Gasteiger charge is 2.20. The predicted molar refractivity (Wildman–Crippen MR) is 140 cm³/mol. The normalized spacial score (nSPS) is 11.9. The zero-order chi connectivity index (χ0) is 26.4. The number of hydrogen-bond donors (Lipinski definition) is 2. The average Bonchev–Trinajstić information content (AvgIpc) is 3.40. The fourth-order valence-corrected chi connectivity index (χ4v) is 5.11. The first-order valence-corrected chi connectivity index (χ1v) is 13.0. The number of aliphatic imine (C=N–C) groups is 1. The molecule has 0 fully saturated rings. The number of aromatic nitrogens is 2. The summed E-state index contributed by atoms with van der Waals surface area (Å²) in [6.07, 6.45) is 5.81. The fourth-order valence-electron chi connectivity index (χ4n) is 3.30. The molecule has 0 saturated carbocycles. The molecule has 3 N–H and O–H groups in total. The summed E-state index contributed by atoms with van der Waals surface area (Å²) in [6, 6.07) is 13.4. The van der Waals surface area contributed by atoms with Gasteiger partial charge in [-0.25, -0.2) is 17.8 Å². The molecule has 2 aromatic carbocycles. The van der Waals surface area contributed by atoms with E-state index in [4.69, 9.17) is 10.5 Å². The summed E-state index contributed by atoms with van der Waals surface area (Å²) < 4.78 is 47.2. The number of halogens is 1. The third-order valence-corrected chi connectivity index (χ3v) is 7.19. The molecule has 0 spiro atoms. The number of sulfonamides is 1. The van der Waals surface area contributed by atoms with Gasteiger partial charge in [0.05, 0.1) is 28.1 Å². The van der Waals surface area contributed by atoms with Crippen molar-refractivity contribution in [3.63, 3.8) is 0 Å². The molecule has 0 atom stereocenters. The first-order chi connectivity index (χ1) is 17.8. The zero-order valence-electron chi connectivity index (χ0n) is 19.3. The number of benzene rings is 2. The lowest BCUT2D eigenvalue weighted by Crippen LogP contribution is -2.13. The third kappa shape index (κ3) is 5.80. The Morgan fingerprint density at radius 1 is 1.19 bits per heavy atom. The minimum absolute atomic E-state index is 0.0140. The summed E-state index contributed by atoms with van der Waals surface area (Å²) in [5.41, 5.74) is 7.75. The lowest BCUT2D eigenvalue weighted by atomic mass is 10.0. The van der Waals surface area contributed by atoms with Crippen LogP contribution in [-0.4, -0.2) is 31.1 Å². The summed E-state index contributed by atoms with van der Waals surface area (Å²) in [5.74, 6) is -0.0137. The number of ether oxygens (including phenoxy) is 1. The molecule has 12 heteroatoms. The number of thiazole rings is 1. The molecular formula is C25H19FN6O3S2. The minimum Gasteiger partial charge on any atom is -0.454 e. The van der Waals surface area contributed by atoms with Crippen molar-refractivity contribution in [2.24, 2.45) is 10.7 Å². The summed E-state index contributed by atoms with van der Waals surface area (Å²) >= 11 is 1.13. The van der Waals surface area contributed by atoms with Crippen molar-refractivity contribution in [3.8, 4) is 28.8 Å². The largest absolute Gasteiger partial charge is 0.454 e. The molecule has 186 valence electrons. The van der Waals surface area contributed by atoms with Crippen LogP contribution in [0.3, 0.4) is 0 Å². The van der Waals surface area contributed by atoms with Crippen molar-refractivity contribution in [2.75, 3.05) is 11.8 Å². The SMILES string of the molecule is CN=C(C=CN)c1cc(-c2ccc(F)cc2)ncc1Oc1ccc(S(=O)(=O)Nc2nccs2)cc1C#N. The average molecular weight is 535 g/mol. The number of nitrogens with two attached hydrogens (primary N) is 1. The van der Waals surface area contributed by atoms with E-state index in [0.29, 0.717) is 22.5 Å². The summed E-state index contributed by atoms with van der Waals surface area (Å²) in [5, 5.41) is 11.6. The van der Waals surface area contributed by atoms with E-state index in [1.165, 1.54) is 48.9 Å².